The summed E-state index contributed by atoms with van der Waals surface area (Å²) in [6.45, 7) is 6.08. The molecule has 0 atom stereocenters. The topological polar surface area (TPSA) is 77.6 Å². The van der Waals surface area contributed by atoms with Gasteiger partial charge in [-0.05, 0) is 41.0 Å². The lowest BCUT2D eigenvalue weighted by atomic mass is 10.1. The van der Waals surface area contributed by atoms with Crippen molar-refractivity contribution in [1.29, 1.82) is 0 Å². The van der Waals surface area contributed by atoms with Crippen molar-refractivity contribution < 1.29 is 0 Å². The van der Waals surface area contributed by atoms with Crippen LogP contribution in [0.4, 0.5) is 5.82 Å². The van der Waals surface area contributed by atoms with E-state index < -0.39 is 0 Å². The van der Waals surface area contributed by atoms with E-state index in [1.807, 2.05) is 6.92 Å². The standard InChI is InChI=1S/C12H14IN5/c1-6(2)9-8(13)10(14)18-12(17-9)11-15-4-7(3)5-16-11/h4-6H,1-3H3,(H2,14,17,18). The van der Waals surface area contributed by atoms with Crippen molar-refractivity contribution in [2.45, 2.75) is 26.7 Å². The summed E-state index contributed by atoms with van der Waals surface area (Å²) in [5.74, 6) is 1.75. The second kappa shape index (κ2) is 5.13. The van der Waals surface area contributed by atoms with E-state index in [4.69, 9.17) is 5.73 Å². The Morgan fingerprint density at radius 1 is 1.11 bits per heavy atom. The molecule has 2 N–H and O–H groups in total. The van der Waals surface area contributed by atoms with Crippen LogP contribution in [0.25, 0.3) is 11.6 Å². The van der Waals surface area contributed by atoms with Crippen molar-refractivity contribution in [2.75, 3.05) is 5.73 Å². The van der Waals surface area contributed by atoms with Gasteiger partial charge in [-0.3, -0.25) is 0 Å². The zero-order valence-corrected chi connectivity index (χ0v) is 12.6. The highest BCUT2D eigenvalue weighted by molar-refractivity contribution is 14.1. The Balaban J connectivity index is 2.55. The molecule has 0 saturated heterocycles. The van der Waals surface area contributed by atoms with E-state index in [1.54, 1.807) is 12.4 Å². The van der Waals surface area contributed by atoms with Gasteiger partial charge in [-0.15, -0.1) is 0 Å². The molecule has 0 aromatic carbocycles. The quantitative estimate of drug-likeness (QED) is 0.838. The normalized spacial score (nSPS) is 10.9. The van der Waals surface area contributed by atoms with Gasteiger partial charge in [0.2, 0.25) is 0 Å². The molecule has 0 radical (unpaired) electrons. The Labute approximate surface area is 119 Å². The molecule has 2 aromatic rings. The molecule has 6 heteroatoms. The maximum absolute atomic E-state index is 5.91. The molecule has 5 nitrogen and oxygen atoms in total. The third-order valence-corrected chi connectivity index (χ3v) is 3.54. The molecule has 0 saturated carbocycles. The second-order valence-corrected chi connectivity index (χ2v) is 5.45. The number of nitrogens with zero attached hydrogens (tertiary/aromatic N) is 4. The molecule has 0 aliphatic heterocycles. The number of halogens is 1. The highest BCUT2D eigenvalue weighted by atomic mass is 127. The van der Waals surface area contributed by atoms with Crippen molar-refractivity contribution in [2.24, 2.45) is 0 Å². The Morgan fingerprint density at radius 2 is 1.72 bits per heavy atom. The first-order chi connectivity index (χ1) is 8.49. The molecule has 94 valence electrons. The Hall–Kier alpha value is -1.31. The highest BCUT2D eigenvalue weighted by Gasteiger charge is 2.15. The average molecular weight is 355 g/mol. The first-order valence-corrected chi connectivity index (χ1v) is 6.69. The summed E-state index contributed by atoms with van der Waals surface area (Å²) in [5, 5.41) is 0. The largest absolute Gasteiger partial charge is 0.383 e. The smallest absolute Gasteiger partial charge is 0.200 e. The molecule has 2 rings (SSSR count). The predicted octanol–water partition coefficient (Wildman–Crippen LogP) is 2.55. The van der Waals surface area contributed by atoms with Gasteiger partial charge >= 0.3 is 0 Å². The van der Waals surface area contributed by atoms with Crippen molar-refractivity contribution in [3.05, 3.63) is 27.2 Å². The third-order valence-electron chi connectivity index (χ3n) is 2.43. The van der Waals surface area contributed by atoms with E-state index >= 15 is 0 Å². The molecule has 0 spiro atoms. The first-order valence-electron chi connectivity index (χ1n) is 5.61. The van der Waals surface area contributed by atoms with E-state index in [2.05, 4.69) is 56.4 Å². The highest BCUT2D eigenvalue weighted by Crippen LogP contribution is 2.25. The van der Waals surface area contributed by atoms with Gasteiger partial charge in [0.15, 0.2) is 11.6 Å². The molecule has 2 aromatic heterocycles. The van der Waals surface area contributed by atoms with Crippen LogP contribution in [0.2, 0.25) is 0 Å². The molecule has 0 fully saturated rings. The fourth-order valence-electron chi connectivity index (χ4n) is 1.47. The molecule has 0 amide bonds. The Kier molecular flexibility index (Phi) is 3.74. The van der Waals surface area contributed by atoms with Crippen LogP contribution >= 0.6 is 22.6 Å². The van der Waals surface area contributed by atoms with Crippen LogP contribution in [-0.2, 0) is 0 Å². The molecule has 18 heavy (non-hydrogen) atoms. The van der Waals surface area contributed by atoms with Gasteiger partial charge in [-0.25, -0.2) is 19.9 Å². The number of nitrogens with two attached hydrogens (primary N) is 1. The maximum Gasteiger partial charge on any atom is 0.200 e. The molecule has 0 unspecified atom stereocenters. The van der Waals surface area contributed by atoms with E-state index in [0.29, 0.717) is 17.5 Å². The van der Waals surface area contributed by atoms with Crippen molar-refractivity contribution in [1.82, 2.24) is 19.9 Å². The van der Waals surface area contributed by atoms with Crippen LogP contribution in [-0.4, -0.2) is 19.9 Å². The van der Waals surface area contributed by atoms with Gasteiger partial charge in [-0.1, -0.05) is 13.8 Å². The summed E-state index contributed by atoms with van der Waals surface area (Å²) in [4.78, 5) is 17.2. The zero-order valence-electron chi connectivity index (χ0n) is 10.5. The lowest BCUT2D eigenvalue weighted by Crippen LogP contribution is -2.07. The fraction of sp³-hybridized carbons (Fsp3) is 0.333. The SMILES string of the molecule is Cc1cnc(-c2nc(N)c(I)c(C(C)C)n2)nc1. The number of aryl methyl sites for hydroxylation is 1. The van der Waals surface area contributed by atoms with Crippen LogP contribution in [0.5, 0.6) is 0 Å². The Bertz CT molecular complexity index is 565. The van der Waals surface area contributed by atoms with Gasteiger partial charge in [0.05, 0.1) is 9.26 Å². The van der Waals surface area contributed by atoms with Crippen molar-refractivity contribution >= 4 is 28.4 Å². The lowest BCUT2D eigenvalue weighted by molar-refractivity contribution is 0.807. The van der Waals surface area contributed by atoms with Gasteiger partial charge in [0, 0.05) is 12.4 Å². The number of rotatable bonds is 2. The third kappa shape index (κ3) is 2.58. The monoisotopic (exact) mass is 355 g/mol. The average Bonchev–Trinajstić information content (AvgIpc) is 2.33. The number of anilines is 1. The van der Waals surface area contributed by atoms with E-state index in [-0.39, 0.29) is 5.92 Å². The van der Waals surface area contributed by atoms with Crippen molar-refractivity contribution in [3.8, 4) is 11.6 Å². The van der Waals surface area contributed by atoms with E-state index in [1.165, 1.54) is 0 Å². The van der Waals surface area contributed by atoms with Gasteiger partial charge in [0.25, 0.3) is 0 Å². The van der Waals surface area contributed by atoms with Gasteiger partial charge in [-0.2, -0.15) is 0 Å². The summed E-state index contributed by atoms with van der Waals surface area (Å²) in [5.41, 5.74) is 7.85. The molecule has 0 aliphatic carbocycles. The summed E-state index contributed by atoms with van der Waals surface area (Å²) in [6.07, 6.45) is 3.49. The molecule has 0 bridgehead atoms. The van der Waals surface area contributed by atoms with Crippen LogP contribution in [0.3, 0.4) is 0 Å². The lowest BCUT2D eigenvalue weighted by Gasteiger charge is -2.10. The van der Waals surface area contributed by atoms with Gasteiger partial charge in [0.1, 0.15) is 5.82 Å². The molecular weight excluding hydrogens is 341 g/mol. The second-order valence-electron chi connectivity index (χ2n) is 4.37. The summed E-state index contributed by atoms with van der Waals surface area (Å²) in [6, 6.07) is 0. The van der Waals surface area contributed by atoms with Crippen LogP contribution < -0.4 is 5.73 Å². The van der Waals surface area contributed by atoms with Crippen molar-refractivity contribution in [3.63, 3.8) is 0 Å². The number of hydrogen-bond donors (Lipinski definition) is 1. The predicted molar refractivity (Wildman–Crippen MR) is 79.0 cm³/mol. The molecular formula is C12H14IN5. The maximum atomic E-state index is 5.91. The number of hydrogen-bond acceptors (Lipinski definition) is 5. The van der Waals surface area contributed by atoms with E-state index in [9.17, 15) is 0 Å². The fourth-order valence-corrected chi connectivity index (χ4v) is 2.34. The minimum absolute atomic E-state index is 0.284. The minimum atomic E-state index is 0.284. The Morgan fingerprint density at radius 3 is 2.28 bits per heavy atom. The number of nitrogen functional groups attached to an aromatic ring is 1. The van der Waals surface area contributed by atoms with E-state index in [0.717, 1.165) is 14.8 Å². The van der Waals surface area contributed by atoms with Crippen LogP contribution in [0, 0.1) is 10.5 Å². The summed E-state index contributed by atoms with van der Waals surface area (Å²) in [7, 11) is 0. The van der Waals surface area contributed by atoms with Gasteiger partial charge < -0.3 is 5.73 Å². The number of aromatic nitrogens is 4. The van der Waals surface area contributed by atoms with Crippen LogP contribution in [0.1, 0.15) is 31.0 Å². The zero-order chi connectivity index (χ0) is 13.3. The molecule has 0 aliphatic rings. The molecule has 2 heterocycles. The van der Waals surface area contributed by atoms with Crippen LogP contribution in [0.15, 0.2) is 12.4 Å². The summed E-state index contributed by atoms with van der Waals surface area (Å²) >= 11 is 2.17. The summed E-state index contributed by atoms with van der Waals surface area (Å²) < 4.78 is 0.901. The minimum Gasteiger partial charge on any atom is -0.383 e. The first kappa shape index (κ1) is 13.1.